The van der Waals surface area contributed by atoms with Crippen LogP contribution in [0.15, 0.2) is 30.5 Å². The first-order valence-electron chi connectivity index (χ1n) is 7.08. The standard InChI is InChI=1S/C16H20N2O/c1-12(19)18-9-5-4-6-14(18)10-13-11-17-16-8-3-2-7-15(13)16/h2-3,7-8,11,14,17H,4-6,9-10H2,1H3. The van der Waals surface area contributed by atoms with Crippen molar-refractivity contribution >= 4 is 16.8 Å². The molecule has 1 aliphatic heterocycles. The quantitative estimate of drug-likeness (QED) is 0.880. The molecule has 0 bridgehead atoms. The fraction of sp³-hybridized carbons (Fsp3) is 0.438. The number of nitrogens with one attached hydrogen (secondary N) is 1. The summed E-state index contributed by atoms with van der Waals surface area (Å²) in [6.07, 6.45) is 6.56. The summed E-state index contributed by atoms with van der Waals surface area (Å²) >= 11 is 0. The first kappa shape index (κ1) is 12.3. The van der Waals surface area contributed by atoms with Gasteiger partial charge in [0.2, 0.25) is 5.91 Å². The van der Waals surface area contributed by atoms with Gasteiger partial charge in [0, 0.05) is 36.6 Å². The molecule has 1 aliphatic rings. The fourth-order valence-corrected chi connectivity index (χ4v) is 3.18. The molecule has 100 valence electrons. The van der Waals surface area contributed by atoms with Gasteiger partial charge in [0.15, 0.2) is 0 Å². The molecular formula is C16H20N2O. The molecule has 1 aromatic carbocycles. The van der Waals surface area contributed by atoms with Crippen LogP contribution >= 0.6 is 0 Å². The number of amides is 1. The zero-order valence-corrected chi connectivity index (χ0v) is 11.4. The van der Waals surface area contributed by atoms with Crippen LogP contribution in [0, 0.1) is 0 Å². The lowest BCUT2D eigenvalue weighted by Crippen LogP contribution is -2.43. The summed E-state index contributed by atoms with van der Waals surface area (Å²) in [6.45, 7) is 2.61. The Balaban J connectivity index is 1.85. The molecule has 0 spiro atoms. The second-order valence-corrected chi connectivity index (χ2v) is 5.43. The number of rotatable bonds is 2. The maximum atomic E-state index is 11.7. The molecule has 19 heavy (non-hydrogen) atoms. The van der Waals surface area contributed by atoms with Crippen molar-refractivity contribution in [3.05, 3.63) is 36.0 Å². The topological polar surface area (TPSA) is 36.1 Å². The third kappa shape index (κ3) is 2.37. The van der Waals surface area contributed by atoms with Crippen molar-refractivity contribution in [2.24, 2.45) is 0 Å². The fourth-order valence-electron chi connectivity index (χ4n) is 3.18. The monoisotopic (exact) mass is 256 g/mol. The van der Waals surface area contributed by atoms with Crippen LogP contribution in [0.4, 0.5) is 0 Å². The average molecular weight is 256 g/mol. The van der Waals surface area contributed by atoms with Gasteiger partial charge >= 0.3 is 0 Å². The second-order valence-electron chi connectivity index (χ2n) is 5.43. The van der Waals surface area contributed by atoms with Crippen molar-refractivity contribution in [3.63, 3.8) is 0 Å². The molecule has 1 atom stereocenters. The summed E-state index contributed by atoms with van der Waals surface area (Å²) < 4.78 is 0. The smallest absolute Gasteiger partial charge is 0.219 e. The number of nitrogens with zero attached hydrogens (tertiary/aromatic N) is 1. The summed E-state index contributed by atoms with van der Waals surface area (Å²) in [7, 11) is 0. The van der Waals surface area contributed by atoms with Gasteiger partial charge in [-0.05, 0) is 37.3 Å². The van der Waals surface area contributed by atoms with Crippen molar-refractivity contribution in [2.45, 2.75) is 38.6 Å². The van der Waals surface area contributed by atoms with Crippen molar-refractivity contribution in [1.29, 1.82) is 0 Å². The summed E-state index contributed by atoms with van der Waals surface area (Å²) in [4.78, 5) is 17.1. The lowest BCUT2D eigenvalue weighted by Gasteiger charge is -2.35. The van der Waals surface area contributed by atoms with Crippen LogP contribution in [0.25, 0.3) is 10.9 Å². The molecule has 2 heterocycles. The number of hydrogen-bond acceptors (Lipinski definition) is 1. The predicted molar refractivity (Wildman–Crippen MR) is 77.0 cm³/mol. The Morgan fingerprint density at radius 3 is 3.05 bits per heavy atom. The first-order valence-corrected chi connectivity index (χ1v) is 7.08. The minimum atomic E-state index is 0.213. The van der Waals surface area contributed by atoms with Gasteiger partial charge in [0.1, 0.15) is 0 Å². The average Bonchev–Trinajstić information content (AvgIpc) is 2.83. The molecule has 1 N–H and O–H groups in total. The van der Waals surface area contributed by atoms with Gasteiger partial charge in [-0.3, -0.25) is 4.79 Å². The van der Waals surface area contributed by atoms with Crippen molar-refractivity contribution in [2.75, 3.05) is 6.54 Å². The van der Waals surface area contributed by atoms with Crippen molar-refractivity contribution in [3.8, 4) is 0 Å². The third-order valence-electron chi connectivity index (χ3n) is 4.16. The Morgan fingerprint density at radius 1 is 1.37 bits per heavy atom. The lowest BCUT2D eigenvalue weighted by molar-refractivity contribution is -0.132. The number of para-hydroxylation sites is 1. The molecule has 1 unspecified atom stereocenters. The van der Waals surface area contributed by atoms with E-state index in [1.165, 1.54) is 22.9 Å². The minimum absolute atomic E-state index is 0.213. The minimum Gasteiger partial charge on any atom is -0.361 e. The van der Waals surface area contributed by atoms with E-state index in [1.54, 1.807) is 6.92 Å². The van der Waals surface area contributed by atoms with E-state index >= 15 is 0 Å². The third-order valence-corrected chi connectivity index (χ3v) is 4.16. The molecular weight excluding hydrogens is 236 g/mol. The van der Waals surface area contributed by atoms with Gasteiger partial charge in [0.25, 0.3) is 0 Å². The second kappa shape index (κ2) is 5.08. The highest BCUT2D eigenvalue weighted by Crippen LogP contribution is 2.25. The van der Waals surface area contributed by atoms with E-state index in [0.717, 1.165) is 25.8 Å². The molecule has 1 amide bonds. The number of aromatic amines is 1. The largest absolute Gasteiger partial charge is 0.361 e. The van der Waals surface area contributed by atoms with Gasteiger partial charge in [-0.15, -0.1) is 0 Å². The highest BCUT2D eigenvalue weighted by Gasteiger charge is 2.25. The van der Waals surface area contributed by atoms with E-state index in [-0.39, 0.29) is 5.91 Å². The highest BCUT2D eigenvalue weighted by molar-refractivity contribution is 5.83. The molecule has 1 fully saturated rings. The normalized spacial score (nSPS) is 19.8. The first-order chi connectivity index (χ1) is 9.25. The molecule has 2 aromatic rings. The predicted octanol–water partition coefficient (Wildman–Crippen LogP) is 3.11. The number of likely N-dealkylation sites (tertiary alicyclic amines) is 1. The van der Waals surface area contributed by atoms with Gasteiger partial charge < -0.3 is 9.88 Å². The number of benzene rings is 1. The number of H-pyrrole nitrogens is 1. The van der Waals surface area contributed by atoms with Gasteiger partial charge in [-0.2, -0.15) is 0 Å². The molecule has 0 aliphatic carbocycles. The molecule has 1 saturated heterocycles. The van der Waals surface area contributed by atoms with E-state index in [9.17, 15) is 4.79 Å². The zero-order chi connectivity index (χ0) is 13.2. The van der Waals surface area contributed by atoms with Gasteiger partial charge in [-0.1, -0.05) is 18.2 Å². The Labute approximate surface area is 113 Å². The Hall–Kier alpha value is -1.77. The van der Waals surface area contributed by atoms with Crippen LogP contribution in [0.3, 0.4) is 0 Å². The van der Waals surface area contributed by atoms with Gasteiger partial charge in [0.05, 0.1) is 0 Å². The van der Waals surface area contributed by atoms with Crippen LogP contribution < -0.4 is 0 Å². The number of carbonyl (C=O) groups is 1. The van der Waals surface area contributed by atoms with E-state index in [1.807, 2.05) is 11.0 Å². The maximum Gasteiger partial charge on any atom is 0.219 e. The molecule has 0 saturated carbocycles. The van der Waals surface area contributed by atoms with Crippen LogP contribution in [-0.2, 0) is 11.2 Å². The van der Waals surface area contributed by atoms with E-state index in [4.69, 9.17) is 0 Å². The zero-order valence-electron chi connectivity index (χ0n) is 11.4. The number of aromatic nitrogens is 1. The van der Waals surface area contributed by atoms with Gasteiger partial charge in [-0.25, -0.2) is 0 Å². The van der Waals surface area contributed by atoms with Crippen LogP contribution in [0.5, 0.6) is 0 Å². The molecule has 3 nitrogen and oxygen atoms in total. The van der Waals surface area contributed by atoms with Crippen LogP contribution in [0.1, 0.15) is 31.7 Å². The van der Waals surface area contributed by atoms with Crippen molar-refractivity contribution < 1.29 is 4.79 Å². The summed E-state index contributed by atoms with van der Waals surface area (Å²) in [5.41, 5.74) is 2.51. The highest BCUT2D eigenvalue weighted by atomic mass is 16.2. The summed E-state index contributed by atoms with van der Waals surface area (Å²) in [6, 6.07) is 8.74. The van der Waals surface area contributed by atoms with E-state index < -0.39 is 0 Å². The SMILES string of the molecule is CC(=O)N1CCCCC1Cc1c[nH]c2ccccc12. The molecule has 3 heteroatoms. The summed E-state index contributed by atoms with van der Waals surface area (Å²) in [5.74, 6) is 0.213. The van der Waals surface area contributed by atoms with Crippen LogP contribution in [0.2, 0.25) is 0 Å². The van der Waals surface area contributed by atoms with E-state index in [0.29, 0.717) is 6.04 Å². The number of carbonyl (C=O) groups excluding carboxylic acids is 1. The molecule has 1 aromatic heterocycles. The maximum absolute atomic E-state index is 11.7. The van der Waals surface area contributed by atoms with Crippen molar-refractivity contribution in [1.82, 2.24) is 9.88 Å². The lowest BCUT2D eigenvalue weighted by atomic mass is 9.95. The number of hydrogen-bond donors (Lipinski definition) is 1. The molecule has 3 rings (SSSR count). The number of piperidine rings is 1. The number of fused-ring (bicyclic) bond motifs is 1. The van der Waals surface area contributed by atoms with E-state index in [2.05, 4.69) is 29.4 Å². The van der Waals surface area contributed by atoms with Crippen LogP contribution in [-0.4, -0.2) is 28.4 Å². The summed E-state index contributed by atoms with van der Waals surface area (Å²) in [5, 5.41) is 1.29. The molecule has 0 radical (unpaired) electrons. The Kier molecular flexibility index (Phi) is 3.28. The Morgan fingerprint density at radius 2 is 2.21 bits per heavy atom. The Bertz CT molecular complexity index is 587.